The smallest absolute Gasteiger partial charge is 0.326 e. The molecule has 0 heterocycles. The van der Waals surface area contributed by atoms with E-state index in [-0.39, 0.29) is 25.0 Å². The predicted octanol–water partition coefficient (Wildman–Crippen LogP) is -0.446. The van der Waals surface area contributed by atoms with Gasteiger partial charge in [-0.15, -0.1) is 0 Å². The van der Waals surface area contributed by atoms with Crippen LogP contribution in [0.4, 0.5) is 0 Å². The largest absolute Gasteiger partial charge is 0.508 e. The van der Waals surface area contributed by atoms with Crippen molar-refractivity contribution in [3.8, 4) is 5.75 Å². The highest BCUT2D eigenvalue weighted by Gasteiger charge is 2.32. The van der Waals surface area contributed by atoms with Crippen molar-refractivity contribution in [2.45, 2.75) is 69.3 Å². The van der Waals surface area contributed by atoms with Crippen LogP contribution in [0, 0.1) is 0 Å². The van der Waals surface area contributed by atoms with Gasteiger partial charge >= 0.3 is 5.97 Å². The van der Waals surface area contributed by atoms with Crippen molar-refractivity contribution in [2.75, 3.05) is 6.54 Å². The third-order valence-electron chi connectivity index (χ3n) is 6.27. The van der Waals surface area contributed by atoms with Gasteiger partial charge in [-0.05, 0) is 62.4 Å². The van der Waals surface area contributed by atoms with E-state index in [9.17, 15) is 34.5 Å². The second kappa shape index (κ2) is 16.2. The highest BCUT2D eigenvalue weighted by molar-refractivity contribution is 5.94. The molecule has 2 aromatic carbocycles. The summed E-state index contributed by atoms with van der Waals surface area (Å²) in [6.07, 6.45) is -0.00619. The number of nitrogens with one attached hydrogen (secondary N) is 3. The van der Waals surface area contributed by atoms with Crippen LogP contribution < -0.4 is 27.4 Å². The van der Waals surface area contributed by atoms with Gasteiger partial charge in [0, 0.05) is 6.42 Å². The molecule has 2 aromatic rings. The molecule has 40 heavy (non-hydrogen) atoms. The number of hydrogen-bond acceptors (Lipinski definition) is 8. The van der Waals surface area contributed by atoms with Crippen LogP contribution in [0.25, 0.3) is 0 Å². The number of aliphatic carboxylic acids is 1. The second-order valence-corrected chi connectivity index (χ2v) is 9.64. The lowest BCUT2D eigenvalue weighted by Crippen LogP contribution is -2.60. The maximum atomic E-state index is 13.1. The summed E-state index contributed by atoms with van der Waals surface area (Å²) >= 11 is 0. The van der Waals surface area contributed by atoms with Gasteiger partial charge in [-0.1, -0.05) is 42.5 Å². The van der Waals surface area contributed by atoms with Gasteiger partial charge in [-0.3, -0.25) is 14.4 Å². The minimum absolute atomic E-state index is 0.0168. The first-order chi connectivity index (χ1) is 19.0. The third kappa shape index (κ3) is 10.6. The lowest BCUT2D eigenvalue weighted by atomic mass is 10.0. The van der Waals surface area contributed by atoms with Gasteiger partial charge < -0.3 is 42.7 Å². The topological polar surface area (TPSA) is 217 Å². The van der Waals surface area contributed by atoms with Gasteiger partial charge in [-0.2, -0.15) is 0 Å². The van der Waals surface area contributed by atoms with E-state index in [1.807, 2.05) is 30.3 Å². The highest BCUT2D eigenvalue weighted by Crippen LogP contribution is 2.12. The number of benzene rings is 2. The Kier molecular flexibility index (Phi) is 13.0. The molecule has 12 nitrogen and oxygen atoms in total. The quantitative estimate of drug-likeness (QED) is 0.125. The molecule has 10 N–H and O–H groups in total. The van der Waals surface area contributed by atoms with Crippen molar-refractivity contribution in [1.29, 1.82) is 0 Å². The minimum Gasteiger partial charge on any atom is -0.508 e. The fourth-order valence-electron chi connectivity index (χ4n) is 3.99. The molecular formula is C28H39N5O7. The Morgan fingerprint density at radius 3 is 1.98 bits per heavy atom. The summed E-state index contributed by atoms with van der Waals surface area (Å²) in [5.41, 5.74) is 13.0. The number of aliphatic hydroxyl groups excluding tert-OH is 1. The van der Waals surface area contributed by atoms with Crippen molar-refractivity contribution in [2.24, 2.45) is 11.5 Å². The molecule has 2 rings (SSSR count). The summed E-state index contributed by atoms with van der Waals surface area (Å²) in [5, 5.41) is 36.8. The molecule has 12 heteroatoms. The number of phenols is 1. The number of rotatable bonds is 16. The number of nitrogens with two attached hydrogens (primary N) is 2. The molecule has 3 amide bonds. The number of aromatic hydroxyl groups is 1. The lowest BCUT2D eigenvalue weighted by molar-refractivity contribution is -0.142. The molecule has 5 atom stereocenters. The van der Waals surface area contributed by atoms with Gasteiger partial charge in [0.2, 0.25) is 17.7 Å². The molecule has 0 bridgehead atoms. The molecule has 5 unspecified atom stereocenters. The number of carbonyl (C=O) groups is 4. The summed E-state index contributed by atoms with van der Waals surface area (Å²) in [7, 11) is 0. The minimum atomic E-state index is -1.41. The number of amides is 3. The number of unbranched alkanes of at least 4 members (excludes halogenated alkanes) is 1. The molecular weight excluding hydrogens is 518 g/mol. The summed E-state index contributed by atoms with van der Waals surface area (Å²) in [5.74, 6) is -3.49. The summed E-state index contributed by atoms with van der Waals surface area (Å²) < 4.78 is 0. The zero-order valence-electron chi connectivity index (χ0n) is 22.5. The van der Waals surface area contributed by atoms with Gasteiger partial charge in [0.15, 0.2) is 0 Å². The molecule has 0 saturated heterocycles. The molecule has 0 radical (unpaired) electrons. The molecule has 0 aliphatic carbocycles. The van der Waals surface area contributed by atoms with Crippen molar-refractivity contribution < 1.29 is 34.5 Å². The van der Waals surface area contributed by atoms with Crippen molar-refractivity contribution >= 4 is 23.7 Å². The number of aliphatic hydroxyl groups is 1. The Morgan fingerprint density at radius 1 is 0.800 bits per heavy atom. The van der Waals surface area contributed by atoms with E-state index >= 15 is 0 Å². The Hall–Kier alpha value is -4.00. The van der Waals surface area contributed by atoms with Crippen LogP contribution in [0.5, 0.6) is 5.75 Å². The first kappa shape index (κ1) is 32.2. The van der Waals surface area contributed by atoms with Crippen molar-refractivity contribution in [3.63, 3.8) is 0 Å². The van der Waals surface area contributed by atoms with E-state index in [0.29, 0.717) is 24.9 Å². The van der Waals surface area contributed by atoms with Crippen molar-refractivity contribution in [3.05, 3.63) is 65.7 Å². The van der Waals surface area contributed by atoms with E-state index in [4.69, 9.17) is 11.5 Å². The van der Waals surface area contributed by atoms with E-state index < -0.39 is 54.0 Å². The Morgan fingerprint density at radius 2 is 1.40 bits per heavy atom. The van der Waals surface area contributed by atoms with E-state index in [2.05, 4.69) is 16.0 Å². The number of carbonyl (C=O) groups excluding carboxylic acids is 3. The second-order valence-electron chi connectivity index (χ2n) is 9.64. The molecule has 0 aromatic heterocycles. The van der Waals surface area contributed by atoms with E-state index in [1.165, 1.54) is 31.2 Å². The van der Waals surface area contributed by atoms with Gasteiger partial charge in [0.1, 0.15) is 23.9 Å². The first-order valence-corrected chi connectivity index (χ1v) is 13.1. The average Bonchev–Trinajstić information content (AvgIpc) is 2.92. The predicted molar refractivity (Wildman–Crippen MR) is 148 cm³/mol. The first-order valence-electron chi connectivity index (χ1n) is 13.1. The van der Waals surface area contributed by atoms with Crippen LogP contribution >= 0.6 is 0 Å². The van der Waals surface area contributed by atoms with E-state index in [0.717, 1.165) is 5.56 Å². The maximum absolute atomic E-state index is 13.1. The molecule has 0 spiro atoms. The van der Waals surface area contributed by atoms with Crippen LogP contribution in [0.1, 0.15) is 37.3 Å². The van der Waals surface area contributed by atoms with Crippen LogP contribution in [0.15, 0.2) is 54.6 Å². The Labute approximate surface area is 233 Å². The normalized spacial score (nSPS) is 14.7. The van der Waals surface area contributed by atoms with Crippen LogP contribution in [0.2, 0.25) is 0 Å². The fraction of sp³-hybridized carbons (Fsp3) is 0.429. The molecule has 0 fully saturated rings. The SMILES string of the molecule is CC(O)C(NC(=O)C(N)Cc1ccccc1)C(=O)NC(CCCCN)C(=O)NC(Cc1ccc(O)cc1)C(=O)O. The molecule has 218 valence electrons. The number of hydrogen-bond donors (Lipinski definition) is 8. The number of carboxylic acids is 1. The van der Waals surface area contributed by atoms with Gasteiger partial charge in [-0.25, -0.2) is 4.79 Å². The van der Waals surface area contributed by atoms with E-state index in [1.54, 1.807) is 0 Å². The molecule has 0 aliphatic rings. The van der Waals surface area contributed by atoms with Crippen LogP contribution in [-0.4, -0.2) is 75.8 Å². The average molecular weight is 558 g/mol. The summed E-state index contributed by atoms with van der Waals surface area (Å²) in [4.78, 5) is 50.8. The van der Waals surface area contributed by atoms with Crippen molar-refractivity contribution in [1.82, 2.24) is 16.0 Å². The number of phenolic OH excluding ortho intramolecular Hbond substituents is 1. The zero-order valence-corrected chi connectivity index (χ0v) is 22.5. The van der Waals surface area contributed by atoms with Gasteiger partial charge in [0.05, 0.1) is 12.1 Å². The molecule has 0 aliphatic heterocycles. The fourth-order valence-corrected chi connectivity index (χ4v) is 3.99. The monoisotopic (exact) mass is 557 g/mol. The summed E-state index contributed by atoms with van der Waals surface area (Å²) in [6.45, 7) is 1.67. The highest BCUT2D eigenvalue weighted by atomic mass is 16.4. The standard InChI is InChI=1S/C28H39N5O7/c1-17(34)24(33-25(36)21(30)15-18-7-3-2-4-8-18)27(38)31-22(9-5-6-14-29)26(37)32-23(28(39)40)16-19-10-12-20(35)13-11-19/h2-4,7-8,10-13,17,21-24,34-35H,5-6,9,14-16,29-30H2,1H3,(H,31,38)(H,32,37)(H,33,36)(H,39,40). The van der Waals surface area contributed by atoms with Crippen LogP contribution in [0.3, 0.4) is 0 Å². The zero-order chi connectivity index (χ0) is 29.7. The molecule has 0 saturated carbocycles. The summed E-state index contributed by atoms with van der Waals surface area (Å²) in [6, 6.07) is 10.1. The number of carboxylic acid groups (broad SMARTS) is 1. The van der Waals surface area contributed by atoms with Crippen LogP contribution in [-0.2, 0) is 32.0 Å². The lowest BCUT2D eigenvalue weighted by Gasteiger charge is -2.26. The Balaban J connectivity index is 2.11. The maximum Gasteiger partial charge on any atom is 0.326 e. The third-order valence-corrected chi connectivity index (χ3v) is 6.27. The Bertz CT molecular complexity index is 1110. The van der Waals surface area contributed by atoms with Gasteiger partial charge in [0.25, 0.3) is 0 Å².